The summed E-state index contributed by atoms with van der Waals surface area (Å²) in [4.78, 5) is 34.7. The number of hydrogen-bond donors (Lipinski definition) is 2. The summed E-state index contributed by atoms with van der Waals surface area (Å²) < 4.78 is 14.5. The van der Waals surface area contributed by atoms with E-state index < -0.39 is 29.1 Å². The smallest absolute Gasteiger partial charge is 0.258 e. The number of aromatic nitrogens is 2. The van der Waals surface area contributed by atoms with Gasteiger partial charge >= 0.3 is 0 Å². The molecular weight excluding hydrogens is 361 g/mol. The predicted molar refractivity (Wildman–Crippen MR) is 101 cm³/mol. The van der Waals surface area contributed by atoms with Gasteiger partial charge in [-0.15, -0.1) is 0 Å². The van der Waals surface area contributed by atoms with Gasteiger partial charge in [0, 0.05) is 19.0 Å². The zero-order valence-corrected chi connectivity index (χ0v) is 15.4. The van der Waals surface area contributed by atoms with E-state index in [9.17, 15) is 19.2 Å². The molecule has 1 aromatic carbocycles. The number of amides is 1. The Balaban J connectivity index is 1.83. The van der Waals surface area contributed by atoms with Crippen molar-refractivity contribution in [1.29, 1.82) is 5.26 Å². The molecule has 8 heteroatoms. The summed E-state index contributed by atoms with van der Waals surface area (Å²) in [6.07, 6.45) is 1.98. The molecule has 0 bridgehead atoms. The van der Waals surface area contributed by atoms with Gasteiger partial charge in [0.25, 0.3) is 5.56 Å². The molecule has 2 aliphatic rings. The fraction of sp³-hybridized carbons (Fsp3) is 0.400. The number of hydrogen-bond acceptors (Lipinski definition) is 5. The lowest BCUT2D eigenvalue weighted by molar-refractivity contribution is -0.119. The fourth-order valence-electron chi connectivity index (χ4n) is 3.93. The molecular formula is C20H20FN5O2. The second-order valence-corrected chi connectivity index (χ2v) is 7.42. The minimum atomic E-state index is -1.21. The van der Waals surface area contributed by atoms with Crippen LogP contribution >= 0.6 is 0 Å². The SMILES string of the molecule is CC1CCN(c2nc3c(c(=O)[nH]2)C(c2ccccc2F)C(C#N)C(=O)N3)CC1. The Bertz CT molecular complexity index is 1020. The van der Waals surface area contributed by atoms with E-state index in [1.165, 1.54) is 18.2 Å². The highest BCUT2D eigenvalue weighted by Crippen LogP contribution is 2.39. The first-order valence-electron chi connectivity index (χ1n) is 9.33. The molecule has 0 saturated carbocycles. The van der Waals surface area contributed by atoms with Crippen molar-refractivity contribution in [3.05, 3.63) is 51.6 Å². The number of rotatable bonds is 2. The number of carbonyl (C=O) groups is 1. The summed E-state index contributed by atoms with van der Waals surface area (Å²) in [6.45, 7) is 3.70. The van der Waals surface area contributed by atoms with Gasteiger partial charge in [-0.2, -0.15) is 10.2 Å². The molecule has 0 aliphatic carbocycles. The van der Waals surface area contributed by atoms with E-state index in [0.717, 1.165) is 25.9 Å². The summed E-state index contributed by atoms with van der Waals surface area (Å²) in [5.41, 5.74) is -0.213. The minimum Gasteiger partial charge on any atom is -0.342 e. The molecule has 2 aromatic rings. The normalized spacial score (nSPS) is 22.3. The Kier molecular flexibility index (Phi) is 4.59. The number of anilines is 2. The van der Waals surface area contributed by atoms with Crippen LogP contribution in [-0.2, 0) is 4.79 Å². The van der Waals surface area contributed by atoms with Gasteiger partial charge in [-0.1, -0.05) is 25.1 Å². The standard InChI is InChI=1S/C20H20FN5O2/c1-11-6-8-26(9-7-11)20-24-17-16(19(28)25-20)15(13(10-22)18(27)23-17)12-4-2-3-5-14(12)21/h2-5,11,13,15H,6-9H2,1H3,(H2,23,24,25,27,28). The molecule has 3 heterocycles. The lowest BCUT2D eigenvalue weighted by Gasteiger charge is -2.33. The molecule has 2 N–H and O–H groups in total. The van der Waals surface area contributed by atoms with E-state index in [1.54, 1.807) is 6.07 Å². The topological polar surface area (TPSA) is 102 Å². The lowest BCUT2D eigenvalue weighted by Crippen LogP contribution is -2.40. The number of aromatic amines is 1. The molecule has 1 saturated heterocycles. The minimum absolute atomic E-state index is 0.0992. The van der Waals surface area contributed by atoms with Crippen molar-refractivity contribution in [2.24, 2.45) is 11.8 Å². The molecule has 2 atom stereocenters. The molecule has 2 aliphatic heterocycles. The highest BCUT2D eigenvalue weighted by atomic mass is 19.1. The van der Waals surface area contributed by atoms with Crippen molar-refractivity contribution in [1.82, 2.24) is 9.97 Å². The number of piperidine rings is 1. The maximum absolute atomic E-state index is 14.5. The van der Waals surface area contributed by atoms with Gasteiger partial charge < -0.3 is 10.2 Å². The maximum Gasteiger partial charge on any atom is 0.258 e. The second-order valence-electron chi connectivity index (χ2n) is 7.42. The molecule has 144 valence electrons. The van der Waals surface area contributed by atoms with Gasteiger partial charge in [0.2, 0.25) is 11.9 Å². The van der Waals surface area contributed by atoms with E-state index in [2.05, 4.69) is 22.2 Å². The van der Waals surface area contributed by atoms with E-state index in [4.69, 9.17) is 0 Å². The summed E-state index contributed by atoms with van der Waals surface area (Å²) in [5, 5.41) is 12.1. The van der Waals surface area contributed by atoms with Gasteiger partial charge in [0.1, 0.15) is 17.6 Å². The fourth-order valence-corrected chi connectivity index (χ4v) is 3.93. The first-order chi connectivity index (χ1) is 13.5. The van der Waals surface area contributed by atoms with Crippen molar-refractivity contribution < 1.29 is 9.18 Å². The zero-order chi connectivity index (χ0) is 19.8. The third kappa shape index (κ3) is 3.03. The molecule has 7 nitrogen and oxygen atoms in total. The Labute approximate surface area is 161 Å². The summed E-state index contributed by atoms with van der Waals surface area (Å²) in [6, 6.07) is 7.79. The van der Waals surface area contributed by atoms with Crippen LogP contribution in [0.4, 0.5) is 16.2 Å². The summed E-state index contributed by atoms with van der Waals surface area (Å²) in [7, 11) is 0. The van der Waals surface area contributed by atoms with Crippen LogP contribution in [0, 0.1) is 29.0 Å². The highest BCUT2D eigenvalue weighted by Gasteiger charge is 2.41. The lowest BCUT2D eigenvalue weighted by atomic mass is 9.79. The van der Waals surface area contributed by atoms with Crippen LogP contribution in [0.5, 0.6) is 0 Å². The summed E-state index contributed by atoms with van der Waals surface area (Å²) in [5.74, 6) is -2.28. The molecule has 1 fully saturated rings. The van der Waals surface area contributed by atoms with Crippen LogP contribution in [0.2, 0.25) is 0 Å². The third-order valence-electron chi connectivity index (χ3n) is 5.57. The molecule has 1 aromatic heterocycles. The monoisotopic (exact) mass is 381 g/mol. The van der Waals surface area contributed by atoms with Gasteiger partial charge in [0.15, 0.2) is 0 Å². The van der Waals surface area contributed by atoms with Crippen molar-refractivity contribution in [2.75, 3.05) is 23.3 Å². The average Bonchev–Trinajstić information content (AvgIpc) is 2.68. The van der Waals surface area contributed by atoms with Gasteiger partial charge in [0.05, 0.1) is 11.6 Å². The quantitative estimate of drug-likeness (QED) is 0.832. The van der Waals surface area contributed by atoms with Crippen molar-refractivity contribution in [2.45, 2.75) is 25.7 Å². The van der Waals surface area contributed by atoms with E-state index in [1.807, 2.05) is 11.0 Å². The van der Waals surface area contributed by atoms with Gasteiger partial charge in [-0.3, -0.25) is 14.6 Å². The number of carbonyl (C=O) groups excluding carboxylic acids is 1. The molecule has 0 spiro atoms. The number of benzene rings is 1. The van der Waals surface area contributed by atoms with Crippen molar-refractivity contribution in [3.63, 3.8) is 0 Å². The Morgan fingerprint density at radius 3 is 2.64 bits per heavy atom. The number of H-pyrrole nitrogens is 1. The Morgan fingerprint density at radius 1 is 1.25 bits per heavy atom. The van der Waals surface area contributed by atoms with Crippen LogP contribution in [-0.4, -0.2) is 29.0 Å². The van der Waals surface area contributed by atoms with Crippen LogP contribution in [0.25, 0.3) is 0 Å². The average molecular weight is 381 g/mol. The molecule has 1 amide bonds. The summed E-state index contributed by atoms with van der Waals surface area (Å²) >= 11 is 0. The highest BCUT2D eigenvalue weighted by molar-refractivity contribution is 5.98. The van der Waals surface area contributed by atoms with E-state index in [0.29, 0.717) is 11.9 Å². The van der Waals surface area contributed by atoms with E-state index >= 15 is 0 Å². The molecule has 4 rings (SSSR count). The molecule has 0 radical (unpaired) electrons. The zero-order valence-electron chi connectivity index (χ0n) is 15.4. The van der Waals surface area contributed by atoms with Crippen molar-refractivity contribution in [3.8, 4) is 6.07 Å². The largest absolute Gasteiger partial charge is 0.342 e. The van der Waals surface area contributed by atoms with Gasteiger partial charge in [-0.05, 0) is 30.4 Å². The number of halogens is 1. The molecule has 2 unspecified atom stereocenters. The van der Waals surface area contributed by atoms with Gasteiger partial charge in [-0.25, -0.2) is 4.39 Å². The van der Waals surface area contributed by atoms with Crippen LogP contribution < -0.4 is 15.8 Å². The van der Waals surface area contributed by atoms with Crippen LogP contribution in [0.15, 0.2) is 29.1 Å². The second kappa shape index (κ2) is 7.08. The number of fused-ring (bicyclic) bond motifs is 1. The molecule has 28 heavy (non-hydrogen) atoms. The van der Waals surface area contributed by atoms with Crippen LogP contribution in [0.3, 0.4) is 0 Å². The Morgan fingerprint density at radius 2 is 1.96 bits per heavy atom. The van der Waals surface area contributed by atoms with Crippen LogP contribution in [0.1, 0.15) is 36.8 Å². The number of nitrogens with one attached hydrogen (secondary N) is 2. The third-order valence-corrected chi connectivity index (χ3v) is 5.57. The predicted octanol–water partition coefficient (Wildman–Crippen LogP) is 2.37. The first-order valence-corrected chi connectivity index (χ1v) is 9.33. The number of nitriles is 1. The van der Waals surface area contributed by atoms with E-state index in [-0.39, 0.29) is 16.9 Å². The van der Waals surface area contributed by atoms with Crippen molar-refractivity contribution >= 4 is 17.7 Å². The Hall–Kier alpha value is -3.21. The first kappa shape index (κ1) is 18.2. The number of nitrogens with zero attached hydrogens (tertiary/aromatic N) is 3. The maximum atomic E-state index is 14.5.